The molecule has 0 radical (unpaired) electrons. The summed E-state index contributed by atoms with van der Waals surface area (Å²) in [5.74, 6) is 0. The molecule has 2 heterocycles. The minimum Gasteiger partial charge on any atom is -0.370 e. The Kier molecular flexibility index (Phi) is 5.17. The van der Waals surface area contributed by atoms with Crippen molar-refractivity contribution in [1.29, 1.82) is 0 Å². The molecule has 0 N–H and O–H groups in total. The van der Waals surface area contributed by atoms with Crippen molar-refractivity contribution in [1.82, 2.24) is 9.80 Å². The lowest BCUT2D eigenvalue weighted by atomic mass is 9.98. The Morgan fingerprint density at radius 1 is 1.05 bits per heavy atom. The van der Waals surface area contributed by atoms with Crippen LogP contribution in [0.1, 0.15) is 44.8 Å². The van der Waals surface area contributed by atoms with Crippen LogP contribution in [-0.4, -0.2) is 54.7 Å². The molecule has 22 heavy (non-hydrogen) atoms. The molecular formula is C19H30N2O. The van der Waals surface area contributed by atoms with Crippen LogP contribution < -0.4 is 0 Å². The monoisotopic (exact) mass is 302 g/mol. The van der Waals surface area contributed by atoms with Crippen molar-refractivity contribution in [2.24, 2.45) is 0 Å². The summed E-state index contributed by atoms with van der Waals surface area (Å²) in [6, 6.07) is 10.7. The summed E-state index contributed by atoms with van der Waals surface area (Å²) in [6.45, 7) is 11.4. The van der Waals surface area contributed by atoms with Gasteiger partial charge in [-0.1, -0.05) is 36.8 Å². The lowest BCUT2D eigenvalue weighted by Crippen LogP contribution is -2.55. The Balaban J connectivity index is 1.59. The maximum absolute atomic E-state index is 6.15. The van der Waals surface area contributed by atoms with Crippen LogP contribution in [0, 0.1) is 0 Å². The van der Waals surface area contributed by atoms with E-state index in [0.29, 0.717) is 0 Å². The Hall–Kier alpha value is -0.900. The van der Waals surface area contributed by atoms with E-state index in [0.717, 1.165) is 19.7 Å². The molecule has 0 aliphatic carbocycles. The minimum absolute atomic E-state index is 0.140. The topological polar surface area (TPSA) is 15.7 Å². The van der Waals surface area contributed by atoms with E-state index in [2.05, 4.69) is 54.0 Å². The molecule has 2 aliphatic heterocycles. The van der Waals surface area contributed by atoms with Gasteiger partial charge < -0.3 is 9.64 Å². The van der Waals surface area contributed by atoms with Gasteiger partial charge in [-0.3, -0.25) is 4.90 Å². The van der Waals surface area contributed by atoms with Crippen molar-refractivity contribution in [3.63, 3.8) is 0 Å². The maximum atomic E-state index is 6.15. The number of morpholine rings is 1. The van der Waals surface area contributed by atoms with Gasteiger partial charge >= 0.3 is 0 Å². The van der Waals surface area contributed by atoms with E-state index >= 15 is 0 Å². The fraction of sp³-hybridized carbons (Fsp3) is 0.684. The SMILES string of the molecule is CC1(C)COC(c2ccccc2)CN1CCN1CCCCC1. The number of piperidine rings is 1. The van der Waals surface area contributed by atoms with Gasteiger partial charge in [0.15, 0.2) is 0 Å². The van der Waals surface area contributed by atoms with Gasteiger partial charge in [0.2, 0.25) is 0 Å². The Labute approximate surface area is 135 Å². The predicted molar refractivity (Wildman–Crippen MR) is 91.1 cm³/mol. The van der Waals surface area contributed by atoms with E-state index in [-0.39, 0.29) is 11.6 Å². The maximum Gasteiger partial charge on any atom is 0.0952 e. The first-order valence-electron chi connectivity index (χ1n) is 8.79. The second-order valence-corrected chi connectivity index (χ2v) is 7.37. The first kappa shape index (κ1) is 16.0. The van der Waals surface area contributed by atoms with Crippen molar-refractivity contribution >= 4 is 0 Å². The molecule has 0 aromatic heterocycles. The van der Waals surface area contributed by atoms with Gasteiger partial charge in [0.05, 0.1) is 12.7 Å². The van der Waals surface area contributed by atoms with E-state index in [1.54, 1.807) is 0 Å². The standard InChI is InChI=1S/C19H30N2O/c1-19(2)16-22-18(17-9-5-3-6-10-17)15-21(19)14-13-20-11-7-4-8-12-20/h3,5-6,9-10,18H,4,7-8,11-16H2,1-2H3. The van der Waals surface area contributed by atoms with Crippen molar-refractivity contribution in [3.8, 4) is 0 Å². The number of benzene rings is 1. The van der Waals surface area contributed by atoms with E-state index in [9.17, 15) is 0 Å². The number of rotatable bonds is 4. The second kappa shape index (κ2) is 7.12. The van der Waals surface area contributed by atoms with E-state index in [1.807, 2.05) is 0 Å². The number of hydrogen-bond acceptors (Lipinski definition) is 3. The number of nitrogens with zero attached hydrogens (tertiary/aromatic N) is 2. The summed E-state index contributed by atoms with van der Waals surface area (Å²) in [5, 5.41) is 0. The van der Waals surface area contributed by atoms with Gasteiger partial charge in [-0.25, -0.2) is 0 Å². The number of ether oxygens (including phenoxy) is 1. The Morgan fingerprint density at radius 3 is 2.50 bits per heavy atom. The molecule has 1 unspecified atom stereocenters. The molecule has 0 amide bonds. The van der Waals surface area contributed by atoms with Crippen molar-refractivity contribution in [2.75, 3.05) is 39.3 Å². The molecule has 1 aromatic carbocycles. The zero-order chi connectivity index (χ0) is 15.4. The average Bonchev–Trinajstić information content (AvgIpc) is 2.55. The minimum atomic E-state index is 0.140. The first-order valence-corrected chi connectivity index (χ1v) is 8.79. The van der Waals surface area contributed by atoms with Crippen LogP contribution in [0.2, 0.25) is 0 Å². The molecule has 1 atom stereocenters. The second-order valence-electron chi connectivity index (χ2n) is 7.37. The van der Waals surface area contributed by atoms with Gasteiger partial charge in [0, 0.05) is 25.2 Å². The Morgan fingerprint density at radius 2 is 1.77 bits per heavy atom. The average molecular weight is 302 g/mol. The number of hydrogen-bond donors (Lipinski definition) is 0. The number of likely N-dealkylation sites (tertiary alicyclic amines) is 1. The highest BCUT2D eigenvalue weighted by Crippen LogP contribution is 2.30. The third kappa shape index (κ3) is 3.89. The molecule has 0 saturated carbocycles. The van der Waals surface area contributed by atoms with Crippen LogP contribution in [0.4, 0.5) is 0 Å². The molecule has 3 nitrogen and oxygen atoms in total. The van der Waals surface area contributed by atoms with E-state index in [4.69, 9.17) is 4.74 Å². The van der Waals surface area contributed by atoms with Crippen LogP contribution in [0.3, 0.4) is 0 Å². The molecule has 2 saturated heterocycles. The molecule has 0 spiro atoms. The molecule has 3 rings (SSSR count). The fourth-order valence-corrected chi connectivity index (χ4v) is 3.60. The Bertz CT molecular complexity index is 454. The summed E-state index contributed by atoms with van der Waals surface area (Å²) in [7, 11) is 0. The summed E-state index contributed by atoms with van der Waals surface area (Å²) in [6.07, 6.45) is 4.38. The molecule has 2 fully saturated rings. The van der Waals surface area contributed by atoms with Gasteiger partial charge in [0.1, 0.15) is 0 Å². The summed E-state index contributed by atoms with van der Waals surface area (Å²) >= 11 is 0. The summed E-state index contributed by atoms with van der Waals surface area (Å²) in [4.78, 5) is 5.26. The summed E-state index contributed by atoms with van der Waals surface area (Å²) < 4.78 is 6.15. The van der Waals surface area contributed by atoms with Crippen LogP contribution in [0.25, 0.3) is 0 Å². The highest BCUT2D eigenvalue weighted by atomic mass is 16.5. The van der Waals surface area contributed by atoms with Crippen molar-refractivity contribution in [2.45, 2.75) is 44.8 Å². The largest absolute Gasteiger partial charge is 0.370 e. The van der Waals surface area contributed by atoms with E-state index in [1.165, 1.54) is 44.5 Å². The third-order valence-corrected chi connectivity index (χ3v) is 5.19. The third-order valence-electron chi connectivity index (χ3n) is 5.19. The highest BCUT2D eigenvalue weighted by Gasteiger charge is 2.35. The normalized spacial score (nSPS) is 26.9. The molecule has 122 valence electrons. The van der Waals surface area contributed by atoms with Crippen molar-refractivity contribution in [3.05, 3.63) is 35.9 Å². The first-order chi connectivity index (χ1) is 10.6. The molecule has 3 heteroatoms. The smallest absolute Gasteiger partial charge is 0.0952 e. The van der Waals surface area contributed by atoms with Crippen LogP contribution in [0.5, 0.6) is 0 Å². The van der Waals surface area contributed by atoms with Crippen LogP contribution in [-0.2, 0) is 4.74 Å². The van der Waals surface area contributed by atoms with Gasteiger partial charge in [-0.05, 0) is 45.3 Å². The van der Waals surface area contributed by atoms with Crippen molar-refractivity contribution < 1.29 is 4.74 Å². The van der Waals surface area contributed by atoms with Gasteiger partial charge in [-0.15, -0.1) is 0 Å². The molecule has 2 aliphatic rings. The van der Waals surface area contributed by atoms with Gasteiger partial charge in [0.25, 0.3) is 0 Å². The lowest BCUT2D eigenvalue weighted by Gasteiger charge is -2.46. The molecular weight excluding hydrogens is 272 g/mol. The zero-order valence-electron chi connectivity index (χ0n) is 14.1. The van der Waals surface area contributed by atoms with Crippen LogP contribution >= 0.6 is 0 Å². The lowest BCUT2D eigenvalue weighted by molar-refractivity contribution is -0.102. The van der Waals surface area contributed by atoms with Crippen LogP contribution in [0.15, 0.2) is 30.3 Å². The summed E-state index contributed by atoms with van der Waals surface area (Å²) in [5.41, 5.74) is 1.45. The van der Waals surface area contributed by atoms with Gasteiger partial charge in [-0.2, -0.15) is 0 Å². The van der Waals surface area contributed by atoms with E-state index < -0.39 is 0 Å². The molecule has 1 aromatic rings. The highest BCUT2D eigenvalue weighted by molar-refractivity contribution is 5.18. The zero-order valence-corrected chi connectivity index (χ0v) is 14.1. The predicted octanol–water partition coefficient (Wildman–Crippen LogP) is 3.32. The molecule has 0 bridgehead atoms. The quantitative estimate of drug-likeness (QED) is 0.848. The fourth-order valence-electron chi connectivity index (χ4n) is 3.60.